The van der Waals surface area contributed by atoms with Gasteiger partial charge in [0.25, 0.3) is 5.91 Å². The first kappa shape index (κ1) is 17.1. The van der Waals surface area contributed by atoms with E-state index in [0.717, 1.165) is 13.0 Å². The van der Waals surface area contributed by atoms with E-state index in [-0.39, 0.29) is 5.91 Å². The van der Waals surface area contributed by atoms with Crippen molar-refractivity contribution in [3.05, 3.63) is 70.4 Å². The fraction of sp³-hybridized carbons (Fsp3) is 0.286. The number of ether oxygens (including phenoxy) is 1. The van der Waals surface area contributed by atoms with Gasteiger partial charge >= 0.3 is 0 Å². The predicted molar refractivity (Wildman–Crippen MR) is 104 cm³/mol. The third-order valence-electron chi connectivity index (χ3n) is 5.01. The second-order valence-corrected chi connectivity index (χ2v) is 7.02. The summed E-state index contributed by atoms with van der Waals surface area (Å²) in [5.41, 5.74) is 4.26. The summed E-state index contributed by atoms with van der Waals surface area (Å²) in [7, 11) is 1.72. The van der Waals surface area contributed by atoms with Crippen LogP contribution in [0.15, 0.2) is 48.7 Å². The van der Waals surface area contributed by atoms with Crippen LogP contribution in [-0.4, -0.2) is 35.6 Å². The van der Waals surface area contributed by atoms with Gasteiger partial charge in [-0.05, 0) is 35.7 Å². The van der Waals surface area contributed by atoms with Crippen LogP contribution in [0.1, 0.15) is 21.5 Å². The zero-order valence-electron chi connectivity index (χ0n) is 14.7. The van der Waals surface area contributed by atoms with Crippen molar-refractivity contribution in [1.29, 1.82) is 0 Å². The van der Waals surface area contributed by atoms with Crippen molar-refractivity contribution >= 4 is 28.4 Å². The number of nitrogens with zero attached hydrogens (tertiary/aromatic N) is 2. The molecule has 2 aromatic carbocycles. The van der Waals surface area contributed by atoms with E-state index in [1.165, 1.54) is 22.0 Å². The van der Waals surface area contributed by atoms with Crippen molar-refractivity contribution in [2.75, 3.05) is 20.3 Å². The number of halogens is 1. The highest BCUT2D eigenvalue weighted by atomic mass is 35.5. The van der Waals surface area contributed by atoms with Crippen LogP contribution in [0.3, 0.4) is 0 Å². The van der Waals surface area contributed by atoms with E-state index in [1.54, 1.807) is 19.2 Å². The average molecular weight is 369 g/mol. The lowest BCUT2D eigenvalue weighted by Gasteiger charge is -2.22. The molecule has 1 amide bonds. The number of rotatable bonds is 4. The molecule has 0 aliphatic carbocycles. The summed E-state index contributed by atoms with van der Waals surface area (Å²) < 4.78 is 7.48. The van der Waals surface area contributed by atoms with Crippen molar-refractivity contribution in [1.82, 2.24) is 9.47 Å². The molecule has 1 aromatic heterocycles. The fourth-order valence-corrected chi connectivity index (χ4v) is 3.95. The summed E-state index contributed by atoms with van der Waals surface area (Å²) in [6.45, 7) is 2.80. The summed E-state index contributed by atoms with van der Waals surface area (Å²) in [6.07, 6.45) is 3.04. The average Bonchev–Trinajstić information content (AvgIpc) is 2.90. The van der Waals surface area contributed by atoms with Crippen LogP contribution >= 0.6 is 11.6 Å². The van der Waals surface area contributed by atoms with Crippen LogP contribution in [0.2, 0.25) is 5.02 Å². The third-order valence-corrected chi connectivity index (χ3v) is 5.34. The lowest BCUT2D eigenvalue weighted by Crippen LogP contribution is -2.31. The minimum absolute atomic E-state index is 0.00924. The van der Waals surface area contributed by atoms with Gasteiger partial charge in [-0.3, -0.25) is 4.79 Å². The Labute approximate surface area is 157 Å². The van der Waals surface area contributed by atoms with Gasteiger partial charge in [0.15, 0.2) is 0 Å². The molecule has 3 aromatic rings. The van der Waals surface area contributed by atoms with Crippen molar-refractivity contribution in [3.63, 3.8) is 0 Å². The number of methoxy groups -OCH3 is 1. The van der Waals surface area contributed by atoms with Gasteiger partial charge in [-0.2, -0.15) is 0 Å². The smallest absolute Gasteiger partial charge is 0.255 e. The van der Waals surface area contributed by atoms with Crippen LogP contribution in [0, 0.1) is 0 Å². The molecule has 0 saturated heterocycles. The van der Waals surface area contributed by atoms with Crippen LogP contribution in [-0.2, 0) is 24.2 Å². The maximum atomic E-state index is 13.0. The largest absolute Gasteiger partial charge is 0.383 e. The number of carbonyl (C=O) groups is 1. The Bertz CT molecular complexity index is 964. The second kappa shape index (κ2) is 7.14. The highest BCUT2D eigenvalue weighted by Crippen LogP contribution is 2.30. The molecule has 0 atom stereocenters. The molecule has 0 saturated carbocycles. The minimum Gasteiger partial charge on any atom is -0.383 e. The predicted octanol–water partition coefficient (Wildman–Crippen LogP) is 4.14. The molecule has 0 radical (unpaired) electrons. The van der Waals surface area contributed by atoms with Gasteiger partial charge in [0, 0.05) is 43.8 Å². The number of carbonyl (C=O) groups excluding carboxylic acids is 1. The fourth-order valence-electron chi connectivity index (χ4n) is 3.73. The normalized spacial score (nSPS) is 13.8. The Morgan fingerprint density at radius 3 is 2.81 bits per heavy atom. The van der Waals surface area contributed by atoms with Crippen LogP contribution in [0.25, 0.3) is 10.9 Å². The second-order valence-electron chi connectivity index (χ2n) is 6.61. The molecule has 0 N–H and O–H groups in total. The number of amides is 1. The van der Waals surface area contributed by atoms with Gasteiger partial charge in [0.1, 0.15) is 0 Å². The van der Waals surface area contributed by atoms with Crippen LogP contribution in [0.4, 0.5) is 0 Å². The van der Waals surface area contributed by atoms with E-state index in [1.807, 2.05) is 17.0 Å². The van der Waals surface area contributed by atoms with E-state index in [4.69, 9.17) is 16.3 Å². The molecule has 26 heavy (non-hydrogen) atoms. The van der Waals surface area contributed by atoms with Gasteiger partial charge in [-0.15, -0.1) is 0 Å². The zero-order valence-corrected chi connectivity index (χ0v) is 15.5. The summed E-state index contributed by atoms with van der Waals surface area (Å²) in [4.78, 5) is 14.9. The molecular weight excluding hydrogens is 348 g/mol. The van der Waals surface area contributed by atoms with Crippen molar-refractivity contribution < 1.29 is 9.53 Å². The Kier molecular flexibility index (Phi) is 4.70. The number of benzene rings is 2. The summed E-state index contributed by atoms with van der Waals surface area (Å²) in [6, 6.07) is 13.6. The summed E-state index contributed by atoms with van der Waals surface area (Å²) in [5.74, 6) is -0.00924. The number of hydrogen-bond acceptors (Lipinski definition) is 2. The van der Waals surface area contributed by atoms with Gasteiger partial charge in [0.05, 0.1) is 17.2 Å². The van der Waals surface area contributed by atoms with Crippen LogP contribution < -0.4 is 0 Å². The molecule has 5 heteroatoms. The molecule has 0 fully saturated rings. The third kappa shape index (κ3) is 3.00. The number of hydrogen-bond donors (Lipinski definition) is 0. The molecule has 134 valence electrons. The first-order valence-electron chi connectivity index (χ1n) is 8.81. The van der Waals surface area contributed by atoms with Crippen molar-refractivity contribution in [2.24, 2.45) is 0 Å². The van der Waals surface area contributed by atoms with Crippen LogP contribution in [0.5, 0.6) is 0 Å². The topological polar surface area (TPSA) is 34.5 Å². The van der Waals surface area contributed by atoms with E-state index >= 15 is 0 Å². The highest BCUT2D eigenvalue weighted by Gasteiger charge is 2.24. The molecule has 1 aliphatic rings. The Hall–Kier alpha value is -2.30. The maximum Gasteiger partial charge on any atom is 0.255 e. The Morgan fingerprint density at radius 2 is 2.00 bits per heavy atom. The van der Waals surface area contributed by atoms with E-state index in [2.05, 4.69) is 29.0 Å². The van der Waals surface area contributed by atoms with E-state index in [0.29, 0.717) is 30.3 Å². The molecule has 4 rings (SSSR count). The lowest BCUT2D eigenvalue weighted by atomic mass is 10.1. The van der Waals surface area contributed by atoms with Gasteiger partial charge in [0.2, 0.25) is 0 Å². The summed E-state index contributed by atoms with van der Waals surface area (Å²) >= 11 is 6.23. The molecule has 0 unspecified atom stereocenters. The monoisotopic (exact) mass is 368 g/mol. The molecule has 2 heterocycles. The SMILES string of the molecule is COCCn1cc2c3c(cccc31)CN(C(=O)c1ccccc1Cl)CC2. The molecule has 0 bridgehead atoms. The Balaban J connectivity index is 1.69. The van der Waals surface area contributed by atoms with Crippen molar-refractivity contribution in [3.8, 4) is 0 Å². The number of aromatic nitrogens is 1. The Morgan fingerprint density at radius 1 is 1.15 bits per heavy atom. The van der Waals surface area contributed by atoms with Gasteiger partial charge < -0.3 is 14.2 Å². The molecule has 4 nitrogen and oxygen atoms in total. The van der Waals surface area contributed by atoms with Crippen molar-refractivity contribution in [2.45, 2.75) is 19.5 Å². The quantitative estimate of drug-likeness (QED) is 0.693. The minimum atomic E-state index is -0.00924. The first-order valence-corrected chi connectivity index (χ1v) is 9.19. The van der Waals surface area contributed by atoms with E-state index < -0.39 is 0 Å². The highest BCUT2D eigenvalue weighted by molar-refractivity contribution is 6.33. The van der Waals surface area contributed by atoms with Gasteiger partial charge in [-0.1, -0.05) is 35.9 Å². The molecular formula is C21H21ClN2O2. The van der Waals surface area contributed by atoms with E-state index in [9.17, 15) is 4.79 Å². The standard InChI is InChI=1S/C21H21ClN2O2/c1-26-12-11-23-13-16-9-10-24(14-15-5-4-8-19(23)20(15)16)21(25)17-6-2-3-7-18(17)22/h2-8,13H,9-12,14H2,1H3. The zero-order chi connectivity index (χ0) is 18.1. The maximum absolute atomic E-state index is 13.0. The molecule has 0 spiro atoms. The summed E-state index contributed by atoms with van der Waals surface area (Å²) in [5, 5.41) is 1.78. The lowest BCUT2D eigenvalue weighted by molar-refractivity contribution is 0.0748. The van der Waals surface area contributed by atoms with Gasteiger partial charge in [-0.25, -0.2) is 0 Å². The molecule has 1 aliphatic heterocycles. The first-order chi connectivity index (χ1) is 12.7.